The number of carbonyl (C=O) groups excluding carboxylic acids is 1. The van der Waals surface area contributed by atoms with E-state index < -0.39 is 23.5 Å². The predicted molar refractivity (Wildman–Crippen MR) is 65.0 cm³/mol. The first-order valence-electron chi connectivity index (χ1n) is 5.16. The standard InChI is InChI=1S/C12H8N2O5/c15-10(12(18)19)14-8-7-4-2-1-3-6(7)5-13-9(8)11(16)17/h1-5H,(H,14,15)(H,16,17)(H,18,19). The smallest absolute Gasteiger partial charge is 0.394 e. The zero-order valence-corrected chi connectivity index (χ0v) is 9.45. The molecule has 0 atom stereocenters. The van der Waals surface area contributed by atoms with Crippen LogP contribution in [0, 0.1) is 0 Å². The maximum atomic E-state index is 11.2. The van der Waals surface area contributed by atoms with Gasteiger partial charge < -0.3 is 15.5 Å². The summed E-state index contributed by atoms with van der Waals surface area (Å²) in [5, 5.41) is 20.6. The summed E-state index contributed by atoms with van der Waals surface area (Å²) >= 11 is 0. The molecule has 96 valence electrons. The van der Waals surface area contributed by atoms with Gasteiger partial charge in [-0.25, -0.2) is 14.6 Å². The number of hydrogen-bond acceptors (Lipinski definition) is 4. The minimum absolute atomic E-state index is 0.127. The van der Waals surface area contributed by atoms with Crippen molar-refractivity contribution < 1.29 is 24.6 Å². The Balaban J connectivity index is 2.65. The molecule has 2 aromatic rings. The Hall–Kier alpha value is -2.96. The average Bonchev–Trinajstić information content (AvgIpc) is 2.38. The summed E-state index contributed by atoms with van der Waals surface area (Å²) in [5.74, 6) is -4.38. The maximum absolute atomic E-state index is 11.2. The molecule has 0 spiro atoms. The lowest BCUT2D eigenvalue weighted by atomic mass is 10.1. The van der Waals surface area contributed by atoms with Gasteiger partial charge in [0.25, 0.3) is 0 Å². The van der Waals surface area contributed by atoms with Gasteiger partial charge in [0.15, 0.2) is 5.69 Å². The zero-order chi connectivity index (χ0) is 14.0. The monoisotopic (exact) mass is 260 g/mol. The van der Waals surface area contributed by atoms with Crippen molar-refractivity contribution in [3.63, 3.8) is 0 Å². The molecule has 7 heteroatoms. The lowest BCUT2D eigenvalue weighted by Gasteiger charge is -2.09. The van der Waals surface area contributed by atoms with Gasteiger partial charge in [-0.15, -0.1) is 0 Å². The number of rotatable bonds is 2. The van der Waals surface area contributed by atoms with Crippen molar-refractivity contribution in [1.82, 2.24) is 4.98 Å². The van der Waals surface area contributed by atoms with Crippen LogP contribution in [0.2, 0.25) is 0 Å². The number of nitrogens with one attached hydrogen (secondary N) is 1. The molecule has 3 N–H and O–H groups in total. The van der Waals surface area contributed by atoms with Gasteiger partial charge in [-0.1, -0.05) is 24.3 Å². The van der Waals surface area contributed by atoms with Crippen LogP contribution in [0.1, 0.15) is 10.5 Å². The van der Waals surface area contributed by atoms with Crippen molar-refractivity contribution in [2.45, 2.75) is 0 Å². The average molecular weight is 260 g/mol. The van der Waals surface area contributed by atoms with E-state index >= 15 is 0 Å². The first-order chi connectivity index (χ1) is 9.00. The molecule has 0 saturated heterocycles. The van der Waals surface area contributed by atoms with E-state index in [-0.39, 0.29) is 5.69 Å². The van der Waals surface area contributed by atoms with E-state index in [1.807, 2.05) is 0 Å². The van der Waals surface area contributed by atoms with E-state index in [4.69, 9.17) is 10.2 Å². The SMILES string of the molecule is O=C(O)C(=O)Nc1c(C(=O)O)ncc2ccccc12. The number of carboxylic acid groups (broad SMARTS) is 2. The fraction of sp³-hybridized carbons (Fsp3) is 0. The van der Waals surface area contributed by atoms with Crippen LogP contribution in [0.5, 0.6) is 0 Å². The number of anilines is 1. The Bertz CT molecular complexity index is 696. The lowest BCUT2D eigenvalue weighted by molar-refractivity contribution is -0.147. The highest BCUT2D eigenvalue weighted by Gasteiger charge is 2.20. The summed E-state index contributed by atoms with van der Waals surface area (Å²) in [6, 6.07) is 6.60. The van der Waals surface area contributed by atoms with Crippen LogP contribution in [0.15, 0.2) is 30.5 Å². The highest BCUT2D eigenvalue weighted by molar-refractivity contribution is 6.37. The summed E-state index contributed by atoms with van der Waals surface area (Å²) in [5.41, 5.74) is -0.536. The molecule has 0 unspecified atom stereocenters. The van der Waals surface area contributed by atoms with Crippen LogP contribution in [0.3, 0.4) is 0 Å². The lowest BCUT2D eigenvalue weighted by Crippen LogP contribution is -2.23. The molecule has 19 heavy (non-hydrogen) atoms. The minimum Gasteiger partial charge on any atom is -0.476 e. The van der Waals surface area contributed by atoms with Crippen molar-refractivity contribution in [3.05, 3.63) is 36.2 Å². The second kappa shape index (κ2) is 4.73. The van der Waals surface area contributed by atoms with Crippen LogP contribution < -0.4 is 5.32 Å². The Morgan fingerprint density at radius 2 is 1.79 bits per heavy atom. The Kier molecular flexibility index (Phi) is 3.11. The van der Waals surface area contributed by atoms with Crippen LogP contribution >= 0.6 is 0 Å². The van der Waals surface area contributed by atoms with E-state index in [1.165, 1.54) is 6.20 Å². The fourth-order valence-corrected chi connectivity index (χ4v) is 1.62. The third-order valence-corrected chi connectivity index (χ3v) is 2.44. The molecule has 0 aliphatic carbocycles. The molecule has 1 aromatic carbocycles. The molecule has 0 fully saturated rings. The second-order valence-corrected chi connectivity index (χ2v) is 3.63. The summed E-state index contributed by atoms with van der Waals surface area (Å²) < 4.78 is 0. The number of pyridine rings is 1. The van der Waals surface area contributed by atoms with Gasteiger partial charge in [0.1, 0.15) is 0 Å². The number of aromatic carboxylic acids is 1. The molecule has 1 aromatic heterocycles. The van der Waals surface area contributed by atoms with E-state index in [2.05, 4.69) is 10.3 Å². The van der Waals surface area contributed by atoms with Crippen molar-refractivity contribution in [2.24, 2.45) is 0 Å². The number of aliphatic carboxylic acids is 1. The number of aromatic nitrogens is 1. The third kappa shape index (κ3) is 2.34. The molecule has 1 heterocycles. The van der Waals surface area contributed by atoms with Crippen molar-refractivity contribution in [2.75, 3.05) is 5.32 Å². The van der Waals surface area contributed by atoms with Crippen LogP contribution in [-0.4, -0.2) is 33.0 Å². The molecule has 1 amide bonds. The first-order valence-corrected chi connectivity index (χ1v) is 5.16. The Morgan fingerprint density at radius 3 is 2.42 bits per heavy atom. The highest BCUT2D eigenvalue weighted by atomic mass is 16.4. The Labute approximate surface area is 106 Å². The van der Waals surface area contributed by atoms with E-state index in [0.717, 1.165) is 0 Å². The molecule has 0 radical (unpaired) electrons. The molecule has 0 saturated carbocycles. The molecule has 2 rings (SSSR count). The molecular weight excluding hydrogens is 252 g/mol. The van der Waals surface area contributed by atoms with Gasteiger partial charge in [-0.05, 0) is 0 Å². The topological polar surface area (TPSA) is 117 Å². The fourth-order valence-electron chi connectivity index (χ4n) is 1.62. The molecule has 7 nitrogen and oxygen atoms in total. The van der Waals surface area contributed by atoms with Crippen molar-refractivity contribution >= 4 is 34.3 Å². The third-order valence-electron chi connectivity index (χ3n) is 2.44. The molecule has 0 aliphatic heterocycles. The number of nitrogens with zero attached hydrogens (tertiary/aromatic N) is 1. The highest BCUT2D eigenvalue weighted by Crippen LogP contribution is 2.25. The van der Waals surface area contributed by atoms with Crippen LogP contribution in [-0.2, 0) is 9.59 Å². The van der Waals surface area contributed by atoms with E-state index in [1.54, 1.807) is 24.3 Å². The molecule has 0 bridgehead atoms. The number of benzene rings is 1. The van der Waals surface area contributed by atoms with Gasteiger partial charge >= 0.3 is 17.8 Å². The molecular formula is C12H8N2O5. The van der Waals surface area contributed by atoms with Gasteiger partial charge in [0, 0.05) is 17.0 Å². The Morgan fingerprint density at radius 1 is 1.11 bits per heavy atom. The van der Waals surface area contributed by atoms with E-state index in [0.29, 0.717) is 10.8 Å². The van der Waals surface area contributed by atoms with Gasteiger partial charge in [0.2, 0.25) is 0 Å². The van der Waals surface area contributed by atoms with Crippen molar-refractivity contribution in [1.29, 1.82) is 0 Å². The second-order valence-electron chi connectivity index (χ2n) is 3.63. The number of hydrogen-bond donors (Lipinski definition) is 3. The number of carboxylic acids is 2. The summed E-state index contributed by atoms with van der Waals surface area (Å²) in [6.45, 7) is 0. The minimum atomic E-state index is -1.70. The van der Waals surface area contributed by atoms with Gasteiger partial charge in [-0.2, -0.15) is 0 Å². The van der Waals surface area contributed by atoms with Crippen LogP contribution in [0.25, 0.3) is 10.8 Å². The number of carbonyl (C=O) groups is 3. The molecule has 0 aliphatic rings. The summed E-state index contributed by atoms with van der Waals surface area (Å²) in [6.07, 6.45) is 1.34. The van der Waals surface area contributed by atoms with Gasteiger partial charge in [0.05, 0.1) is 5.69 Å². The quantitative estimate of drug-likeness (QED) is 0.692. The summed E-state index contributed by atoms with van der Waals surface area (Å²) in [4.78, 5) is 36.5. The maximum Gasteiger partial charge on any atom is 0.394 e. The first kappa shape index (κ1) is 12.5. The summed E-state index contributed by atoms with van der Waals surface area (Å²) in [7, 11) is 0. The van der Waals surface area contributed by atoms with Crippen LogP contribution in [0.4, 0.5) is 5.69 Å². The normalized spacial score (nSPS) is 10.1. The number of fused-ring (bicyclic) bond motifs is 1. The van der Waals surface area contributed by atoms with E-state index in [9.17, 15) is 14.4 Å². The number of amides is 1. The zero-order valence-electron chi connectivity index (χ0n) is 9.45. The predicted octanol–water partition coefficient (Wildman–Crippen LogP) is 0.956. The largest absolute Gasteiger partial charge is 0.476 e. The van der Waals surface area contributed by atoms with Gasteiger partial charge in [-0.3, -0.25) is 4.79 Å². The van der Waals surface area contributed by atoms with Crippen molar-refractivity contribution in [3.8, 4) is 0 Å².